The fraction of sp³-hybridized carbons (Fsp3) is 0.560. The predicted molar refractivity (Wildman–Crippen MR) is 123 cm³/mol. The number of likely N-dealkylation sites (tertiary alicyclic amines) is 1. The third-order valence-electron chi connectivity index (χ3n) is 7.01. The topological polar surface area (TPSA) is 132 Å². The largest absolute Gasteiger partial charge is 0.477 e. The lowest BCUT2D eigenvalue weighted by atomic mass is 9.88. The molecule has 2 N–H and O–H groups in total. The molecule has 3 aliphatic rings. The molecule has 1 aromatic rings. The van der Waals surface area contributed by atoms with Gasteiger partial charge in [0.1, 0.15) is 0 Å². The van der Waals surface area contributed by atoms with Gasteiger partial charge in [0.2, 0.25) is 0 Å². The van der Waals surface area contributed by atoms with E-state index >= 15 is 8.78 Å². The zero-order valence-electron chi connectivity index (χ0n) is 19.7. The number of hydrogen-bond acceptors (Lipinski definition) is 6. The van der Waals surface area contributed by atoms with E-state index in [-0.39, 0.29) is 25.1 Å². The molecule has 1 aliphatic carbocycles. The Bertz CT molecular complexity index is 1100. The average molecular weight is 503 g/mol. The lowest BCUT2D eigenvalue weighted by molar-refractivity contribution is -0.129. The summed E-state index contributed by atoms with van der Waals surface area (Å²) in [6.45, 7) is 0.311. The number of carbonyl (C=O) groups is 3. The van der Waals surface area contributed by atoms with Crippen molar-refractivity contribution in [2.24, 2.45) is 10.6 Å². The average Bonchev–Trinajstić information content (AvgIpc) is 3.49. The van der Waals surface area contributed by atoms with Crippen molar-refractivity contribution in [3.05, 3.63) is 35.9 Å². The van der Waals surface area contributed by atoms with Gasteiger partial charge in [0, 0.05) is 32.2 Å². The Balaban J connectivity index is 1.45. The molecule has 2 atom stereocenters. The number of aliphatic carboxylic acids is 1. The van der Waals surface area contributed by atoms with Gasteiger partial charge in [-0.05, 0) is 31.2 Å². The van der Waals surface area contributed by atoms with Crippen molar-refractivity contribution in [1.82, 2.24) is 10.2 Å². The summed E-state index contributed by atoms with van der Waals surface area (Å²) < 4.78 is 30.1. The number of ketones is 1. The molecule has 4 rings (SSSR count). The highest BCUT2D eigenvalue weighted by Gasteiger charge is 2.49. The maximum Gasteiger partial charge on any atom is 0.353 e. The van der Waals surface area contributed by atoms with Crippen LogP contribution < -0.4 is 5.32 Å². The first kappa shape index (κ1) is 25.5. The van der Waals surface area contributed by atoms with Gasteiger partial charge in [-0.15, -0.1) is 0 Å². The molecule has 1 aromatic carbocycles. The predicted octanol–water partition coefficient (Wildman–Crippen LogP) is 3.29. The number of urea groups is 1. The zero-order valence-corrected chi connectivity index (χ0v) is 19.7. The molecule has 1 spiro atoms. The summed E-state index contributed by atoms with van der Waals surface area (Å²) in [5, 5.41) is 24.6. The Kier molecular flexibility index (Phi) is 6.98. The number of nitriles is 1. The van der Waals surface area contributed by atoms with Gasteiger partial charge in [0.25, 0.3) is 5.92 Å². The fourth-order valence-corrected chi connectivity index (χ4v) is 4.81. The molecular weight excluding hydrogens is 474 g/mol. The minimum atomic E-state index is -3.28. The van der Waals surface area contributed by atoms with E-state index in [1.807, 2.05) is 0 Å². The number of carboxylic acid groups (broad SMARTS) is 1. The van der Waals surface area contributed by atoms with Gasteiger partial charge in [-0.1, -0.05) is 35.5 Å². The lowest BCUT2D eigenvalue weighted by Gasteiger charge is -2.38. The van der Waals surface area contributed by atoms with Crippen LogP contribution in [0.25, 0.3) is 0 Å². The van der Waals surface area contributed by atoms with Gasteiger partial charge < -0.3 is 20.2 Å². The molecule has 0 bridgehead atoms. The standard InChI is InChI=1S/C25H28F2N4O5/c26-25(27,11-17-5-2-1-3-6-17)13-18(20(32)14-23(15-28)8-9-23)29-22(35)31-10-4-7-24(16-31)12-19(21(33)34)30-36-24/h1-3,5-6,18H,4,7-14,16H2,(H,29,35)(H,33,34)/t18-,24?/m0/s1. The van der Waals surface area contributed by atoms with Crippen LogP contribution in [0.1, 0.15) is 50.5 Å². The molecule has 2 fully saturated rings. The van der Waals surface area contributed by atoms with Crippen LogP contribution in [0.15, 0.2) is 35.5 Å². The normalized spacial score (nSPS) is 23.2. The fourth-order valence-electron chi connectivity index (χ4n) is 4.81. The third kappa shape index (κ3) is 5.98. The summed E-state index contributed by atoms with van der Waals surface area (Å²) >= 11 is 0. The number of halogens is 2. The monoisotopic (exact) mass is 502 g/mol. The summed E-state index contributed by atoms with van der Waals surface area (Å²) in [6, 6.07) is 8.06. The number of carbonyl (C=O) groups excluding carboxylic acids is 2. The number of rotatable bonds is 9. The Hall–Kier alpha value is -3.55. The van der Waals surface area contributed by atoms with E-state index in [1.165, 1.54) is 4.90 Å². The molecule has 0 aromatic heterocycles. The number of Topliss-reactive ketones (excluding diaryl/α,β-unsaturated/α-hetero) is 1. The first-order valence-electron chi connectivity index (χ1n) is 11.9. The van der Waals surface area contributed by atoms with Crippen LogP contribution in [-0.4, -0.2) is 64.2 Å². The third-order valence-corrected chi connectivity index (χ3v) is 7.01. The maximum atomic E-state index is 15.0. The number of nitrogens with zero attached hydrogens (tertiary/aromatic N) is 3. The van der Waals surface area contributed by atoms with E-state index < -0.39 is 53.6 Å². The summed E-state index contributed by atoms with van der Waals surface area (Å²) in [6.07, 6.45) is 0.369. The molecule has 0 radical (unpaired) electrons. The highest BCUT2D eigenvalue weighted by atomic mass is 19.3. The van der Waals surface area contributed by atoms with Crippen LogP contribution in [-0.2, 0) is 20.8 Å². The molecule has 1 saturated carbocycles. The van der Waals surface area contributed by atoms with Crippen LogP contribution in [0.3, 0.4) is 0 Å². The van der Waals surface area contributed by atoms with E-state index in [1.54, 1.807) is 30.3 Å². The van der Waals surface area contributed by atoms with E-state index in [4.69, 9.17) is 4.84 Å². The minimum Gasteiger partial charge on any atom is -0.477 e. The maximum absolute atomic E-state index is 15.0. The van der Waals surface area contributed by atoms with Gasteiger partial charge in [-0.25, -0.2) is 18.4 Å². The molecule has 192 valence electrons. The van der Waals surface area contributed by atoms with Crippen LogP contribution in [0.5, 0.6) is 0 Å². The van der Waals surface area contributed by atoms with Gasteiger partial charge in [0.15, 0.2) is 17.1 Å². The number of carboxylic acids is 1. The second kappa shape index (κ2) is 9.84. The first-order chi connectivity index (χ1) is 17.0. The molecule has 9 nitrogen and oxygen atoms in total. The minimum absolute atomic E-state index is 0.0164. The Morgan fingerprint density at radius 3 is 2.58 bits per heavy atom. The summed E-state index contributed by atoms with van der Waals surface area (Å²) in [4.78, 5) is 44.1. The summed E-state index contributed by atoms with van der Waals surface area (Å²) in [5.41, 5.74) is -1.57. The SMILES string of the molecule is N#CC1(CC(=O)[C@H](CC(F)(F)Cc2ccccc2)NC(=O)N2CCCC3(CC(C(=O)O)=NO3)C2)CC1. The molecule has 36 heavy (non-hydrogen) atoms. The first-order valence-corrected chi connectivity index (χ1v) is 11.9. The van der Waals surface area contributed by atoms with Crippen molar-refractivity contribution in [3.8, 4) is 6.07 Å². The van der Waals surface area contributed by atoms with E-state index in [0.717, 1.165) is 0 Å². The van der Waals surface area contributed by atoms with E-state index in [2.05, 4.69) is 16.5 Å². The summed E-state index contributed by atoms with van der Waals surface area (Å²) in [5.74, 6) is -5.08. The number of alkyl halides is 2. The van der Waals surface area contributed by atoms with Crippen molar-refractivity contribution in [2.75, 3.05) is 13.1 Å². The molecule has 1 unspecified atom stereocenters. The van der Waals surface area contributed by atoms with Crippen LogP contribution in [0.2, 0.25) is 0 Å². The van der Waals surface area contributed by atoms with Gasteiger partial charge in [-0.3, -0.25) is 4.79 Å². The van der Waals surface area contributed by atoms with Crippen molar-refractivity contribution in [3.63, 3.8) is 0 Å². The highest BCUT2D eigenvalue weighted by molar-refractivity contribution is 6.36. The van der Waals surface area contributed by atoms with Crippen LogP contribution in [0, 0.1) is 16.7 Å². The van der Waals surface area contributed by atoms with E-state index in [0.29, 0.717) is 37.8 Å². The second-order valence-electron chi connectivity index (χ2n) is 10.1. The summed E-state index contributed by atoms with van der Waals surface area (Å²) in [7, 11) is 0. The number of oxime groups is 1. The molecule has 11 heteroatoms. The number of hydrogen-bond donors (Lipinski definition) is 2. The quantitative estimate of drug-likeness (QED) is 0.533. The van der Waals surface area contributed by atoms with Gasteiger partial charge in [0.05, 0.1) is 24.1 Å². The van der Waals surface area contributed by atoms with Crippen LogP contribution >= 0.6 is 0 Å². The van der Waals surface area contributed by atoms with Gasteiger partial charge >= 0.3 is 12.0 Å². The highest BCUT2D eigenvalue weighted by Crippen LogP contribution is 2.48. The molecule has 2 heterocycles. The number of nitrogens with one attached hydrogen (secondary N) is 1. The van der Waals surface area contributed by atoms with Crippen molar-refractivity contribution in [2.45, 2.75) is 68.9 Å². The second-order valence-corrected chi connectivity index (χ2v) is 10.1. The smallest absolute Gasteiger partial charge is 0.353 e. The van der Waals surface area contributed by atoms with Crippen molar-refractivity contribution < 1.29 is 33.1 Å². The molecular formula is C25H28F2N4O5. The molecule has 2 amide bonds. The zero-order chi connectivity index (χ0) is 26.0. The lowest BCUT2D eigenvalue weighted by Crippen LogP contribution is -2.56. The number of benzene rings is 1. The number of piperidine rings is 1. The van der Waals surface area contributed by atoms with Crippen molar-refractivity contribution in [1.29, 1.82) is 5.26 Å². The Morgan fingerprint density at radius 1 is 1.25 bits per heavy atom. The van der Waals surface area contributed by atoms with Gasteiger partial charge in [-0.2, -0.15) is 5.26 Å². The Labute approximate surface area is 207 Å². The molecule has 2 aliphatic heterocycles. The number of amides is 2. The van der Waals surface area contributed by atoms with E-state index in [9.17, 15) is 24.8 Å². The molecule has 1 saturated heterocycles. The van der Waals surface area contributed by atoms with Crippen molar-refractivity contribution >= 4 is 23.5 Å². The Morgan fingerprint density at radius 2 is 1.97 bits per heavy atom. The van der Waals surface area contributed by atoms with Crippen LogP contribution in [0.4, 0.5) is 13.6 Å².